The van der Waals surface area contributed by atoms with Gasteiger partial charge in [-0.2, -0.15) is 0 Å². The van der Waals surface area contributed by atoms with Crippen molar-refractivity contribution in [3.05, 3.63) is 88.1 Å². The van der Waals surface area contributed by atoms with Crippen molar-refractivity contribution in [2.45, 2.75) is 32.6 Å². The molecule has 0 amide bonds. The van der Waals surface area contributed by atoms with Gasteiger partial charge in [0.15, 0.2) is 5.78 Å². The lowest BCUT2D eigenvalue weighted by Gasteiger charge is -2.40. The predicted octanol–water partition coefficient (Wildman–Crippen LogP) is 6.69. The molecule has 1 atom stereocenters. The molecule has 140 valence electrons. The minimum atomic E-state index is -0.144. The Balaban J connectivity index is 1.84. The molecule has 2 aliphatic rings. The van der Waals surface area contributed by atoms with Gasteiger partial charge in [-0.3, -0.25) is 4.79 Å². The minimum Gasteiger partial charge on any atom is -0.358 e. The molecule has 0 aromatic heterocycles. The summed E-state index contributed by atoms with van der Waals surface area (Å²) in [5.41, 5.74) is 5.13. The maximum absolute atomic E-state index is 13.3. The van der Waals surface area contributed by atoms with Gasteiger partial charge in [0.25, 0.3) is 0 Å². The third-order valence-electron chi connectivity index (χ3n) is 5.97. The second-order valence-corrected chi connectivity index (χ2v) is 9.07. The van der Waals surface area contributed by atoms with Crippen LogP contribution < -0.4 is 5.32 Å². The molecule has 1 heterocycles. The molecule has 0 radical (unpaired) electrons. The summed E-state index contributed by atoms with van der Waals surface area (Å²) in [6.45, 7) is 4.33. The fourth-order valence-corrected chi connectivity index (χ4v) is 5.07. The van der Waals surface area contributed by atoms with E-state index < -0.39 is 0 Å². The highest BCUT2D eigenvalue weighted by Crippen LogP contribution is 2.51. The van der Waals surface area contributed by atoms with Gasteiger partial charge in [0, 0.05) is 34.3 Å². The fraction of sp³-hybridized carbons (Fsp3) is 0.240. The zero-order chi connectivity index (χ0) is 19.5. The van der Waals surface area contributed by atoms with Crippen molar-refractivity contribution in [3.8, 4) is 0 Å². The molecular formula is C25H22ClNO. The number of fused-ring (bicyclic) bond motifs is 3. The zero-order valence-corrected chi connectivity index (χ0v) is 16.8. The van der Waals surface area contributed by atoms with Gasteiger partial charge in [-0.25, -0.2) is 0 Å². The summed E-state index contributed by atoms with van der Waals surface area (Å²) in [5.74, 6) is 0.0805. The van der Waals surface area contributed by atoms with Crippen molar-refractivity contribution < 1.29 is 4.79 Å². The number of benzene rings is 3. The Labute approximate surface area is 170 Å². The summed E-state index contributed by atoms with van der Waals surface area (Å²) in [6, 6.07) is 20.6. The summed E-state index contributed by atoms with van der Waals surface area (Å²) in [6.07, 6.45) is 1.43. The van der Waals surface area contributed by atoms with Crippen molar-refractivity contribution in [1.29, 1.82) is 0 Å². The van der Waals surface area contributed by atoms with E-state index in [1.807, 2.05) is 18.2 Å². The first-order valence-corrected chi connectivity index (χ1v) is 10.1. The van der Waals surface area contributed by atoms with Crippen molar-refractivity contribution in [2.24, 2.45) is 5.41 Å². The van der Waals surface area contributed by atoms with E-state index in [2.05, 4.69) is 61.6 Å². The number of nitrogens with one attached hydrogen (secondary N) is 1. The van der Waals surface area contributed by atoms with Crippen molar-refractivity contribution >= 4 is 33.8 Å². The van der Waals surface area contributed by atoms with Gasteiger partial charge in [-0.1, -0.05) is 74.0 Å². The quantitative estimate of drug-likeness (QED) is 0.503. The van der Waals surface area contributed by atoms with E-state index in [4.69, 9.17) is 11.6 Å². The predicted molar refractivity (Wildman–Crippen MR) is 116 cm³/mol. The van der Waals surface area contributed by atoms with Crippen LogP contribution in [0.15, 0.2) is 71.9 Å². The number of carbonyl (C=O) groups excluding carboxylic acids is 1. The van der Waals surface area contributed by atoms with E-state index in [9.17, 15) is 4.79 Å². The van der Waals surface area contributed by atoms with Crippen LogP contribution in [0.4, 0.5) is 5.69 Å². The first kappa shape index (κ1) is 17.5. The molecule has 0 spiro atoms. The van der Waals surface area contributed by atoms with Gasteiger partial charge in [-0.05, 0) is 45.9 Å². The summed E-state index contributed by atoms with van der Waals surface area (Å²) in [7, 11) is 0. The molecule has 0 bridgehead atoms. The smallest absolute Gasteiger partial charge is 0.162 e. The summed E-state index contributed by atoms with van der Waals surface area (Å²) in [5, 5.41) is 6.66. The monoisotopic (exact) mass is 387 g/mol. The molecule has 1 N–H and O–H groups in total. The highest BCUT2D eigenvalue weighted by Gasteiger charge is 2.41. The van der Waals surface area contributed by atoms with Crippen LogP contribution in [-0.4, -0.2) is 5.78 Å². The molecular weight excluding hydrogens is 366 g/mol. The number of halogens is 1. The minimum absolute atomic E-state index is 0.0394. The lowest BCUT2D eigenvalue weighted by Crippen LogP contribution is -2.34. The standard InChI is InChI=1S/C25H22ClNO/c1-25(2)13-20-24(21(28)14-25)23(17-9-5-6-10-18(17)26)22-16-8-4-3-7-15(16)11-12-19(22)27-20/h3-12,23,27H,13-14H2,1-2H3/t23-/m1/s1. The van der Waals surface area contributed by atoms with Crippen LogP contribution >= 0.6 is 11.6 Å². The van der Waals surface area contributed by atoms with E-state index in [1.165, 1.54) is 10.8 Å². The molecule has 3 aromatic rings. The Bertz CT molecular complexity index is 1160. The van der Waals surface area contributed by atoms with Crippen LogP contribution in [0.1, 0.15) is 43.7 Å². The summed E-state index contributed by atoms with van der Waals surface area (Å²) in [4.78, 5) is 13.3. The summed E-state index contributed by atoms with van der Waals surface area (Å²) >= 11 is 6.66. The van der Waals surface area contributed by atoms with Gasteiger partial charge in [0.1, 0.15) is 0 Å². The number of carbonyl (C=O) groups is 1. The molecule has 0 saturated carbocycles. The van der Waals surface area contributed by atoms with Gasteiger partial charge in [0.05, 0.1) is 0 Å². The highest BCUT2D eigenvalue weighted by molar-refractivity contribution is 6.31. The van der Waals surface area contributed by atoms with Gasteiger partial charge in [0.2, 0.25) is 0 Å². The van der Waals surface area contributed by atoms with Crippen molar-refractivity contribution in [1.82, 2.24) is 0 Å². The normalized spacial score (nSPS) is 20.5. The number of anilines is 1. The van der Waals surface area contributed by atoms with Crippen LogP contribution in [0, 0.1) is 5.41 Å². The third kappa shape index (κ3) is 2.67. The molecule has 2 nitrogen and oxygen atoms in total. The van der Waals surface area contributed by atoms with Crippen LogP contribution in [0.2, 0.25) is 5.02 Å². The number of hydrogen-bond donors (Lipinski definition) is 1. The number of allylic oxidation sites excluding steroid dienone is 2. The van der Waals surface area contributed by atoms with Crippen LogP contribution in [0.3, 0.4) is 0 Å². The zero-order valence-electron chi connectivity index (χ0n) is 16.1. The average Bonchev–Trinajstić information content (AvgIpc) is 2.65. The van der Waals surface area contributed by atoms with E-state index in [0.717, 1.165) is 34.5 Å². The van der Waals surface area contributed by atoms with E-state index >= 15 is 0 Å². The number of Topliss-reactive ketones (excluding diaryl/α,β-unsaturated/α-hetero) is 1. The first-order chi connectivity index (χ1) is 13.4. The first-order valence-electron chi connectivity index (χ1n) is 9.74. The van der Waals surface area contributed by atoms with Crippen molar-refractivity contribution in [3.63, 3.8) is 0 Å². The molecule has 0 saturated heterocycles. The molecule has 28 heavy (non-hydrogen) atoms. The molecule has 0 unspecified atom stereocenters. The lowest BCUT2D eigenvalue weighted by molar-refractivity contribution is -0.118. The molecule has 3 aromatic carbocycles. The fourth-order valence-electron chi connectivity index (χ4n) is 4.82. The Morgan fingerprint density at radius 2 is 1.71 bits per heavy atom. The number of hydrogen-bond acceptors (Lipinski definition) is 2. The maximum Gasteiger partial charge on any atom is 0.162 e. The van der Waals surface area contributed by atoms with E-state index in [0.29, 0.717) is 11.4 Å². The Hall–Kier alpha value is -2.58. The van der Waals surface area contributed by atoms with Crippen LogP contribution in [0.25, 0.3) is 10.8 Å². The SMILES string of the molecule is CC1(C)CC(=O)C2=C(C1)Nc1ccc3ccccc3c1[C@H]2c1ccccc1Cl. The lowest BCUT2D eigenvalue weighted by atomic mass is 9.68. The van der Waals surface area contributed by atoms with Gasteiger partial charge < -0.3 is 5.32 Å². The van der Waals surface area contributed by atoms with Gasteiger partial charge >= 0.3 is 0 Å². The second-order valence-electron chi connectivity index (χ2n) is 8.66. The Kier molecular flexibility index (Phi) is 3.89. The van der Waals surface area contributed by atoms with E-state index in [1.54, 1.807) is 0 Å². The molecule has 1 aliphatic heterocycles. The number of rotatable bonds is 1. The second kappa shape index (κ2) is 6.22. The van der Waals surface area contributed by atoms with Gasteiger partial charge in [-0.15, -0.1) is 0 Å². The average molecular weight is 388 g/mol. The maximum atomic E-state index is 13.3. The molecule has 5 rings (SSSR count). The largest absolute Gasteiger partial charge is 0.358 e. The van der Waals surface area contributed by atoms with E-state index in [-0.39, 0.29) is 17.1 Å². The van der Waals surface area contributed by atoms with Crippen LogP contribution in [-0.2, 0) is 4.79 Å². The Morgan fingerprint density at radius 1 is 0.964 bits per heavy atom. The Morgan fingerprint density at radius 3 is 2.54 bits per heavy atom. The topological polar surface area (TPSA) is 29.1 Å². The molecule has 0 fully saturated rings. The molecule has 1 aliphatic carbocycles. The number of ketones is 1. The van der Waals surface area contributed by atoms with Crippen molar-refractivity contribution in [2.75, 3.05) is 5.32 Å². The summed E-state index contributed by atoms with van der Waals surface area (Å²) < 4.78 is 0. The third-order valence-corrected chi connectivity index (χ3v) is 6.31. The highest BCUT2D eigenvalue weighted by atomic mass is 35.5. The molecule has 3 heteroatoms. The van der Waals surface area contributed by atoms with Crippen LogP contribution in [0.5, 0.6) is 0 Å².